The normalized spacial score (nSPS) is 42.1. The zero-order valence-corrected chi connectivity index (χ0v) is 6.41. The highest BCUT2D eigenvalue weighted by Crippen LogP contribution is 2.39. The number of rotatable bonds is 1. The smallest absolute Gasteiger partial charge is 0.106 e. The molecule has 1 aromatic rings. The van der Waals surface area contributed by atoms with Gasteiger partial charge in [-0.15, -0.1) is 0 Å². The Balaban J connectivity index is 2.70. The molecule has 0 unspecified atom stereocenters. The molecule has 0 atom stereocenters. The van der Waals surface area contributed by atoms with Gasteiger partial charge in [0.25, 0.3) is 0 Å². The van der Waals surface area contributed by atoms with Gasteiger partial charge >= 0.3 is 0 Å². The molecular weight excluding hydrogens is 190 g/mol. The summed E-state index contributed by atoms with van der Waals surface area (Å²) < 4.78 is 60.4. The van der Waals surface area contributed by atoms with Crippen LogP contribution in [0.2, 0.25) is 0 Å². The lowest BCUT2D eigenvalue weighted by Gasteiger charge is -1.95. The van der Waals surface area contributed by atoms with E-state index in [-0.39, 0.29) is 10.6 Å². The van der Waals surface area contributed by atoms with Crippen LogP contribution in [-0.2, 0) is 0 Å². The molecule has 1 aromatic heterocycles. The van der Waals surface area contributed by atoms with Crippen molar-refractivity contribution in [2.45, 2.75) is 18.6 Å². The summed E-state index contributed by atoms with van der Waals surface area (Å²) in [5.74, 6) is -2.32. The topological polar surface area (TPSA) is 12.9 Å². The number of hydrogen-bond donors (Lipinski definition) is 0. The molecule has 1 heterocycles. The summed E-state index contributed by atoms with van der Waals surface area (Å²) >= 11 is 2.90. The van der Waals surface area contributed by atoms with Crippen molar-refractivity contribution in [3.05, 3.63) is 28.4 Å². The summed E-state index contributed by atoms with van der Waals surface area (Å²) in [5.41, 5.74) is -0.453. The molecule has 0 spiro atoms. The Morgan fingerprint density at radius 1 is 1.80 bits per heavy atom. The van der Waals surface area contributed by atoms with E-state index in [0.717, 1.165) is 0 Å². The Hall–Kier alpha value is -0.370. The fourth-order valence-corrected chi connectivity index (χ4v) is 0.841. The fraction of sp³-hybridized carbons (Fsp3) is 0.375. The van der Waals surface area contributed by atoms with E-state index in [1.54, 1.807) is 0 Å². The first kappa shape index (κ1) is 2.07. The Labute approximate surface area is 79.8 Å². The molecule has 1 fully saturated rings. The summed E-state index contributed by atoms with van der Waals surface area (Å²) in [4.78, 5) is 3.71. The molecular formula is C8H8BrN. The van der Waals surface area contributed by atoms with Gasteiger partial charge in [-0.25, -0.2) is 4.98 Å². The minimum Gasteiger partial charge on any atom is -0.246 e. The number of hydrogen-bond acceptors (Lipinski definition) is 1. The van der Waals surface area contributed by atoms with Crippen LogP contribution < -0.4 is 0 Å². The average molecular weight is 206 g/mol. The number of nitrogens with zero attached hydrogens (tertiary/aromatic N) is 1. The SMILES string of the molecule is [2H]c1c(Br)nc(C2([2H])C([2H])([2H])C2([2H])[2H])c([2H])c1[2H]. The minimum absolute atomic E-state index is 0.0939. The van der Waals surface area contributed by atoms with Gasteiger partial charge in [0.1, 0.15) is 4.60 Å². The van der Waals surface area contributed by atoms with E-state index in [4.69, 9.17) is 11.0 Å². The molecule has 0 bridgehead atoms. The van der Waals surface area contributed by atoms with Crippen LogP contribution in [0.3, 0.4) is 0 Å². The Bertz CT molecular complexity index is 528. The lowest BCUT2D eigenvalue weighted by Crippen LogP contribution is -1.84. The maximum atomic E-state index is 7.90. The molecule has 0 N–H and O–H groups in total. The molecule has 1 nitrogen and oxygen atoms in total. The molecule has 0 radical (unpaired) electrons. The molecule has 0 aliphatic heterocycles. The van der Waals surface area contributed by atoms with Gasteiger partial charge in [0, 0.05) is 18.4 Å². The van der Waals surface area contributed by atoms with Crippen LogP contribution in [0, 0.1) is 0 Å². The highest BCUT2D eigenvalue weighted by atomic mass is 79.9. The Kier molecular flexibility index (Phi) is 0.485. The lowest BCUT2D eigenvalue weighted by molar-refractivity contribution is 1.01. The van der Waals surface area contributed by atoms with Crippen LogP contribution in [0.1, 0.15) is 35.3 Å². The summed E-state index contributed by atoms with van der Waals surface area (Å²) in [6.07, 6.45) is -4.95. The molecule has 10 heavy (non-hydrogen) atoms. The first-order valence-electron chi connectivity index (χ1n) is 6.64. The molecule has 1 saturated carbocycles. The first-order chi connectivity index (χ1) is 8.00. The van der Waals surface area contributed by atoms with Crippen molar-refractivity contribution in [1.82, 2.24) is 4.98 Å². The maximum absolute atomic E-state index is 7.90. The van der Waals surface area contributed by atoms with Crippen molar-refractivity contribution in [3.8, 4) is 0 Å². The Morgan fingerprint density at radius 2 is 2.60 bits per heavy atom. The zero-order valence-electron chi connectivity index (χ0n) is 12.8. The maximum Gasteiger partial charge on any atom is 0.106 e. The minimum atomic E-state index is -2.47. The lowest BCUT2D eigenvalue weighted by atomic mass is 10.3. The van der Waals surface area contributed by atoms with Crippen molar-refractivity contribution in [2.75, 3.05) is 0 Å². The van der Waals surface area contributed by atoms with E-state index in [1.807, 2.05) is 0 Å². The summed E-state index contributed by atoms with van der Waals surface area (Å²) in [7, 11) is 0. The quantitative estimate of drug-likeness (QED) is 0.644. The van der Waals surface area contributed by atoms with Gasteiger partial charge in [0.2, 0.25) is 0 Å². The molecule has 1 aliphatic rings. The largest absolute Gasteiger partial charge is 0.246 e. The van der Waals surface area contributed by atoms with Gasteiger partial charge in [-0.3, -0.25) is 0 Å². The second-order valence-corrected chi connectivity index (χ2v) is 2.50. The molecule has 2 rings (SSSR count). The van der Waals surface area contributed by atoms with Crippen LogP contribution >= 0.6 is 15.9 Å². The number of pyridine rings is 1. The predicted octanol–water partition coefficient (Wildman–Crippen LogP) is 2.72. The molecule has 0 saturated heterocycles. The van der Waals surface area contributed by atoms with E-state index < -0.39 is 36.4 Å². The van der Waals surface area contributed by atoms with E-state index in [1.165, 1.54) is 0 Å². The number of halogens is 1. The zero-order chi connectivity index (χ0) is 14.1. The van der Waals surface area contributed by atoms with Crippen molar-refractivity contribution in [1.29, 1.82) is 0 Å². The van der Waals surface area contributed by atoms with Gasteiger partial charge in [0.15, 0.2) is 0 Å². The van der Waals surface area contributed by atoms with E-state index in [2.05, 4.69) is 20.9 Å². The van der Waals surface area contributed by atoms with E-state index in [9.17, 15) is 0 Å². The average Bonchev–Trinajstić information content (AvgIpc) is 2.59. The highest BCUT2D eigenvalue weighted by Gasteiger charge is 2.24. The summed E-state index contributed by atoms with van der Waals surface area (Å²) in [6, 6.07) is -1.42. The first-order valence-corrected chi connectivity index (χ1v) is 3.43. The number of aromatic nitrogens is 1. The Morgan fingerprint density at radius 3 is 3.30 bits per heavy atom. The molecule has 52 valence electrons. The third-order valence-corrected chi connectivity index (χ3v) is 1.42. The van der Waals surface area contributed by atoms with Crippen molar-refractivity contribution < 1.29 is 11.0 Å². The monoisotopic (exact) mass is 205 g/mol. The van der Waals surface area contributed by atoms with Crippen LogP contribution in [0.5, 0.6) is 0 Å². The second kappa shape index (κ2) is 2.35. The van der Waals surface area contributed by atoms with Crippen LogP contribution in [0.15, 0.2) is 22.7 Å². The molecule has 0 amide bonds. The molecule has 0 aromatic carbocycles. The van der Waals surface area contributed by atoms with Gasteiger partial charge in [-0.05, 0) is 40.8 Å². The van der Waals surface area contributed by atoms with Gasteiger partial charge < -0.3 is 0 Å². The van der Waals surface area contributed by atoms with Crippen molar-refractivity contribution >= 4 is 15.9 Å². The van der Waals surface area contributed by atoms with Crippen LogP contribution in [-0.4, -0.2) is 4.98 Å². The van der Waals surface area contributed by atoms with Gasteiger partial charge in [0.05, 0.1) is 4.11 Å². The summed E-state index contributed by atoms with van der Waals surface area (Å²) in [5, 5.41) is 0. The summed E-state index contributed by atoms with van der Waals surface area (Å²) in [6.45, 7) is 0. The second-order valence-electron chi connectivity index (χ2n) is 1.75. The standard InChI is InChI=1S/C8H8BrN/c9-8-3-1-2-7(10-8)6-4-5-6/h1-3,6H,4-5H2/i1D,2D,3D,4D2,5D2,6D. The fourth-order valence-electron chi connectivity index (χ4n) is 0.564. The molecule has 1 aliphatic carbocycles. The third-order valence-electron chi connectivity index (χ3n) is 1.04. The van der Waals surface area contributed by atoms with Gasteiger partial charge in [-0.1, -0.05) is 6.04 Å². The van der Waals surface area contributed by atoms with E-state index >= 15 is 0 Å². The highest BCUT2D eigenvalue weighted by molar-refractivity contribution is 9.10. The van der Waals surface area contributed by atoms with Crippen LogP contribution in [0.4, 0.5) is 0 Å². The van der Waals surface area contributed by atoms with Crippen LogP contribution in [0.25, 0.3) is 0 Å². The third kappa shape index (κ3) is 1.21. The molecule has 2 heteroatoms. The van der Waals surface area contributed by atoms with Gasteiger partial charge in [-0.2, -0.15) is 0 Å². The predicted molar refractivity (Wildman–Crippen MR) is 43.9 cm³/mol. The van der Waals surface area contributed by atoms with Crippen molar-refractivity contribution in [2.24, 2.45) is 0 Å². The van der Waals surface area contributed by atoms with E-state index in [0.29, 0.717) is 0 Å². The van der Waals surface area contributed by atoms with Crippen molar-refractivity contribution in [3.63, 3.8) is 0 Å².